The lowest BCUT2D eigenvalue weighted by Crippen LogP contribution is -2.16. The number of rotatable bonds is 4. The summed E-state index contributed by atoms with van der Waals surface area (Å²) in [6.07, 6.45) is 5.73. The van der Waals surface area contributed by atoms with Gasteiger partial charge in [0, 0.05) is 6.20 Å². The second-order valence-corrected chi connectivity index (χ2v) is 4.28. The molecule has 3 rings (SSSR count). The molecule has 0 aliphatic rings. The second-order valence-electron chi connectivity index (χ2n) is 4.28. The van der Waals surface area contributed by atoms with E-state index >= 15 is 0 Å². The monoisotopic (exact) mass is 297 g/mol. The molecule has 0 saturated heterocycles. The van der Waals surface area contributed by atoms with E-state index in [9.17, 15) is 9.59 Å². The maximum absolute atomic E-state index is 12.0. The minimum absolute atomic E-state index is 0.159. The molecule has 0 fully saturated rings. The van der Waals surface area contributed by atoms with E-state index in [0.717, 1.165) is 0 Å². The smallest absolute Gasteiger partial charge is 0.291 e. The molecule has 0 radical (unpaired) electrons. The van der Waals surface area contributed by atoms with Gasteiger partial charge in [-0.15, -0.1) is 0 Å². The van der Waals surface area contributed by atoms with Crippen molar-refractivity contribution >= 4 is 23.2 Å². The number of pyridine rings is 1. The molecule has 2 amide bonds. The molecule has 2 N–H and O–H groups in total. The van der Waals surface area contributed by atoms with Crippen LogP contribution < -0.4 is 10.6 Å². The summed E-state index contributed by atoms with van der Waals surface area (Å²) in [7, 11) is 0. The predicted molar refractivity (Wildman–Crippen MR) is 77.6 cm³/mol. The van der Waals surface area contributed by atoms with Crippen LogP contribution in [-0.2, 0) is 0 Å². The van der Waals surface area contributed by atoms with Crippen LogP contribution >= 0.6 is 0 Å². The predicted octanol–water partition coefficient (Wildman–Crippen LogP) is 2.77. The van der Waals surface area contributed by atoms with E-state index in [4.69, 9.17) is 8.83 Å². The summed E-state index contributed by atoms with van der Waals surface area (Å²) in [6.45, 7) is 0. The minimum atomic E-state index is -0.438. The first-order valence-electron chi connectivity index (χ1n) is 6.38. The topological polar surface area (TPSA) is 97.4 Å². The molecule has 7 heteroatoms. The van der Waals surface area contributed by atoms with E-state index in [-0.39, 0.29) is 11.5 Å². The van der Waals surface area contributed by atoms with Gasteiger partial charge in [-0.3, -0.25) is 14.6 Å². The van der Waals surface area contributed by atoms with Crippen molar-refractivity contribution in [2.75, 3.05) is 10.6 Å². The zero-order valence-corrected chi connectivity index (χ0v) is 11.3. The van der Waals surface area contributed by atoms with Crippen LogP contribution in [0.25, 0.3) is 0 Å². The Labute approximate surface area is 125 Å². The Morgan fingerprint density at radius 1 is 0.864 bits per heavy atom. The van der Waals surface area contributed by atoms with Gasteiger partial charge in [0.15, 0.2) is 11.5 Å². The van der Waals surface area contributed by atoms with Crippen molar-refractivity contribution in [3.05, 3.63) is 66.8 Å². The minimum Gasteiger partial charge on any atom is -0.459 e. The quantitative estimate of drug-likeness (QED) is 0.771. The van der Waals surface area contributed by atoms with Gasteiger partial charge in [0.2, 0.25) is 0 Å². The number of hydrogen-bond donors (Lipinski definition) is 2. The number of nitrogens with one attached hydrogen (secondary N) is 2. The van der Waals surface area contributed by atoms with Crippen molar-refractivity contribution in [2.24, 2.45) is 0 Å². The molecule has 22 heavy (non-hydrogen) atoms. The average molecular weight is 297 g/mol. The lowest BCUT2D eigenvalue weighted by Gasteiger charge is -2.10. The number of carbonyl (C=O) groups excluding carboxylic acids is 2. The van der Waals surface area contributed by atoms with Gasteiger partial charge in [0.25, 0.3) is 11.8 Å². The van der Waals surface area contributed by atoms with Gasteiger partial charge in [-0.25, -0.2) is 0 Å². The van der Waals surface area contributed by atoms with Crippen LogP contribution in [0.1, 0.15) is 21.1 Å². The highest BCUT2D eigenvalue weighted by Gasteiger charge is 2.14. The molecule has 110 valence electrons. The van der Waals surface area contributed by atoms with Crippen LogP contribution in [0.2, 0.25) is 0 Å². The van der Waals surface area contributed by atoms with Crippen molar-refractivity contribution in [1.82, 2.24) is 4.98 Å². The molecule has 0 aromatic carbocycles. The molecule has 0 unspecified atom stereocenters. The Morgan fingerprint density at radius 2 is 1.45 bits per heavy atom. The highest BCUT2D eigenvalue weighted by molar-refractivity contribution is 6.08. The molecular weight excluding hydrogens is 286 g/mol. The van der Waals surface area contributed by atoms with E-state index in [1.165, 1.54) is 37.1 Å². The van der Waals surface area contributed by atoms with E-state index < -0.39 is 11.8 Å². The summed E-state index contributed by atoms with van der Waals surface area (Å²) in [4.78, 5) is 27.9. The number of amides is 2. The van der Waals surface area contributed by atoms with E-state index in [0.29, 0.717) is 11.4 Å². The average Bonchev–Trinajstić information content (AvgIpc) is 3.23. The first-order chi connectivity index (χ1) is 10.7. The largest absolute Gasteiger partial charge is 0.459 e. The van der Waals surface area contributed by atoms with Gasteiger partial charge in [-0.2, -0.15) is 0 Å². The summed E-state index contributed by atoms with van der Waals surface area (Å²) in [5.74, 6) is -0.538. The van der Waals surface area contributed by atoms with Crippen LogP contribution in [0.4, 0.5) is 11.4 Å². The Kier molecular flexibility index (Phi) is 3.69. The highest BCUT2D eigenvalue weighted by atomic mass is 16.3. The number of hydrogen-bond acceptors (Lipinski definition) is 5. The first-order valence-corrected chi connectivity index (χ1v) is 6.38. The third-order valence-corrected chi connectivity index (χ3v) is 2.81. The van der Waals surface area contributed by atoms with Crippen molar-refractivity contribution in [3.63, 3.8) is 0 Å². The molecule has 3 heterocycles. The number of nitrogens with zero attached hydrogens (tertiary/aromatic N) is 1. The van der Waals surface area contributed by atoms with Gasteiger partial charge >= 0.3 is 0 Å². The molecule has 0 aliphatic carbocycles. The summed E-state index contributed by atoms with van der Waals surface area (Å²) in [6, 6.07) is 7.86. The SMILES string of the molecule is O=C(Nc1ccncc1NC(=O)c1ccco1)c1ccco1. The van der Waals surface area contributed by atoms with Crippen molar-refractivity contribution in [3.8, 4) is 0 Å². The molecule has 3 aromatic heterocycles. The fraction of sp³-hybridized carbons (Fsp3) is 0. The zero-order chi connectivity index (χ0) is 15.4. The molecule has 7 nitrogen and oxygen atoms in total. The van der Waals surface area contributed by atoms with Crippen LogP contribution in [0, 0.1) is 0 Å². The van der Waals surface area contributed by atoms with E-state index in [1.807, 2.05) is 0 Å². The number of carbonyl (C=O) groups is 2. The third kappa shape index (κ3) is 2.88. The van der Waals surface area contributed by atoms with Crippen LogP contribution in [-0.4, -0.2) is 16.8 Å². The molecular formula is C15H11N3O4. The number of furan rings is 2. The van der Waals surface area contributed by atoms with Crippen molar-refractivity contribution < 1.29 is 18.4 Å². The van der Waals surface area contributed by atoms with Crippen LogP contribution in [0.15, 0.2) is 64.1 Å². The number of aromatic nitrogens is 1. The molecule has 3 aromatic rings. The Morgan fingerprint density at radius 3 is 2.00 bits per heavy atom. The zero-order valence-electron chi connectivity index (χ0n) is 11.3. The van der Waals surface area contributed by atoms with E-state index in [2.05, 4.69) is 15.6 Å². The van der Waals surface area contributed by atoms with Gasteiger partial charge in [0.1, 0.15) is 0 Å². The lowest BCUT2D eigenvalue weighted by molar-refractivity contribution is 0.0987. The van der Waals surface area contributed by atoms with Gasteiger partial charge in [-0.05, 0) is 30.3 Å². The normalized spacial score (nSPS) is 10.2. The lowest BCUT2D eigenvalue weighted by atomic mass is 10.3. The van der Waals surface area contributed by atoms with Crippen LogP contribution in [0.3, 0.4) is 0 Å². The number of anilines is 2. The van der Waals surface area contributed by atoms with E-state index in [1.54, 1.807) is 18.2 Å². The van der Waals surface area contributed by atoms with Crippen molar-refractivity contribution in [2.45, 2.75) is 0 Å². The maximum atomic E-state index is 12.0. The Balaban J connectivity index is 1.78. The second kappa shape index (κ2) is 5.96. The summed E-state index contributed by atoms with van der Waals surface area (Å²) in [5, 5.41) is 5.27. The molecule has 0 spiro atoms. The molecule has 0 aliphatic heterocycles. The van der Waals surface area contributed by atoms with Gasteiger partial charge < -0.3 is 19.5 Å². The van der Waals surface area contributed by atoms with Gasteiger partial charge in [-0.1, -0.05) is 0 Å². The fourth-order valence-electron chi connectivity index (χ4n) is 1.79. The summed E-state index contributed by atoms with van der Waals surface area (Å²) >= 11 is 0. The third-order valence-electron chi connectivity index (χ3n) is 2.81. The summed E-state index contributed by atoms with van der Waals surface area (Å²) < 4.78 is 10.0. The summed E-state index contributed by atoms with van der Waals surface area (Å²) in [5.41, 5.74) is 0.750. The fourth-order valence-corrected chi connectivity index (χ4v) is 1.79. The molecule has 0 atom stereocenters. The first kappa shape index (κ1) is 13.6. The van der Waals surface area contributed by atoms with Gasteiger partial charge in [0.05, 0.1) is 30.1 Å². The van der Waals surface area contributed by atoms with Crippen molar-refractivity contribution in [1.29, 1.82) is 0 Å². The molecule has 0 saturated carbocycles. The Hall–Kier alpha value is -3.35. The maximum Gasteiger partial charge on any atom is 0.291 e. The molecule has 0 bridgehead atoms. The standard InChI is InChI=1S/C15H11N3O4/c19-14(12-3-1-7-21-12)17-10-5-6-16-9-11(10)18-15(20)13-4-2-8-22-13/h1-9H,(H,18,20)(H,16,17,19). The Bertz CT molecular complexity index is 712. The highest BCUT2D eigenvalue weighted by Crippen LogP contribution is 2.21. The van der Waals surface area contributed by atoms with Crippen LogP contribution in [0.5, 0.6) is 0 Å².